The van der Waals surface area contributed by atoms with Crippen LogP contribution < -0.4 is 20.7 Å². The SMILES string of the molecule is C=CCOCC(CO[Si](c1ccccc1)(c1ccccc1)C(C)(C)C)O[Si](c1ccccc1)(c1ccccc1)C(C)(C)C. The van der Waals surface area contributed by atoms with E-state index in [1.54, 1.807) is 6.08 Å². The lowest BCUT2D eigenvalue weighted by Gasteiger charge is -2.47. The summed E-state index contributed by atoms with van der Waals surface area (Å²) in [5.41, 5.74) is 0. The van der Waals surface area contributed by atoms with Gasteiger partial charge in [0.05, 0.1) is 25.9 Å². The van der Waals surface area contributed by atoms with Crippen molar-refractivity contribution in [2.24, 2.45) is 0 Å². The summed E-state index contributed by atoms with van der Waals surface area (Å²) in [7, 11) is -5.62. The van der Waals surface area contributed by atoms with E-state index in [0.717, 1.165) is 0 Å². The summed E-state index contributed by atoms with van der Waals surface area (Å²) in [6.45, 7) is 19.0. The molecule has 0 aliphatic carbocycles. The molecule has 1 unspecified atom stereocenters. The summed E-state index contributed by atoms with van der Waals surface area (Å²) < 4.78 is 21.1. The molecule has 4 rings (SSSR count). The molecule has 5 heteroatoms. The second-order valence-corrected chi connectivity index (χ2v) is 21.8. The van der Waals surface area contributed by atoms with E-state index >= 15 is 0 Å². The van der Waals surface area contributed by atoms with Crippen LogP contribution in [0.1, 0.15) is 41.5 Å². The van der Waals surface area contributed by atoms with Crippen molar-refractivity contribution in [3.05, 3.63) is 134 Å². The minimum Gasteiger partial charge on any atom is -0.405 e. The molecule has 0 bridgehead atoms. The van der Waals surface area contributed by atoms with E-state index in [2.05, 4.69) is 169 Å². The zero-order chi connectivity index (χ0) is 31.0. The van der Waals surface area contributed by atoms with E-state index in [1.165, 1.54) is 20.7 Å². The van der Waals surface area contributed by atoms with Crippen LogP contribution >= 0.6 is 0 Å². The van der Waals surface area contributed by atoms with Crippen molar-refractivity contribution in [2.75, 3.05) is 19.8 Å². The van der Waals surface area contributed by atoms with Gasteiger partial charge in [-0.1, -0.05) is 169 Å². The molecule has 0 heterocycles. The van der Waals surface area contributed by atoms with E-state index in [0.29, 0.717) is 19.8 Å². The van der Waals surface area contributed by atoms with Gasteiger partial charge in [0.15, 0.2) is 0 Å². The molecular formula is C38H48O3Si2. The Hall–Kier alpha value is -3.07. The van der Waals surface area contributed by atoms with Crippen LogP contribution in [-0.2, 0) is 13.6 Å². The molecule has 4 aromatic rings. The zero-order valence-electron chi connectivity index (χ0n) is 26.8. The van der Waals surface area contributed by atoms with Gasteiger partial charge in [-0.25, -0.2) is 0 Å². The quantitative estimate of drug-likeness (QED) is 0.0959. The van der Waals surface area contributed by atoms with Gasteiger partial charge in [-0.05, 0) is 30.8 Å². The van der Waals surface area contributed by atoms with Gasteiger partial charge in [0.25, 0.3) is 16.6 Å². The smallest absolute Gasteiger partial charge is 0.261 e. The maximum atomic E-state index is 7.58. The lowest BCUT2D eigenvalue weighted by atomic mass is 10.2. The lowest BCUT2D eigenvalue weighted by molar-refractivity contribution is 0.0282. The van der Waals surface area contributed by atoms with Crippen LogP contribution in [0.15, 0.2) is 134 Å². The molecular weight excluding hydrogens is 561 g/mol. The fourth-order valence-electron chi connectivity index (χ4n) is 6.32. The Balaban J connectivity index is 1.85. The summed E-state index contributed by atoms with van der Waals surface area (Å²) >= 11 is 0. The van der Waals surface area contributed by atoms with Crippen LogP contribution in [0.4, 0.5) is 0 Å². The Morgan fingerprint density at radius 1 is 0.558 bits per heavy atom. The van der Waals surface area contributed by atoms with Crippen molar-refractivity contribution in [3.63, 3.8) is 0 Å². The van der Waals surface area contributed by atoms with Crippen LogP contribution in [-0.4, -0.2) is 42.6 Å². The molecule has 226 valence electrons. The van der Waals surface area contributed by atoms with Crippen LogP contribution in [0.5, 0.6) is 0 Å². The summed E-state index contributed by atoms with van der Waals surface area (Å²) in [5.74, 6) is 0. The van der Waals surface area contributed by atoms with Crippen LogP contribution in [0.2, 0.25) is 10.1 Å². The van der Waals surface area contributed by atoms with Gasteiger partial charge in [-0.15, -0.1) is 6.58 Å². The molecule has 0 aliphatic rings. The first-order valence-corrected chi connectivity index (χ1v) is 19.1. The molecule has 0 spiro atoms. The fourth-order valence-corrected chi connectivity index (χ4v) is 15.6. The second-order valence-electron chi connectivity index (χ2n) is 13.2. The van der Waals surface area contributed by atoms with Crippen LogP contribution in [0, 0.1) is 0 Å². The van der Waals surface area contributed by atoms with Crippen molar-refractivity contribution in [1.29, 1.82) is 0 Å². The largest absolute Gasteiger partial charge is 0.405 e. The third-order valence-corrected chi connectivity index (χ3v) is 18.3. The Morgan fingerprint density at radius 3 is 1.23 bits per heavy atom. The minimum absolute atomic E-state index is 0.139. The van der Waals surface area contributed by atoms with E-state index in [4.69, 9.17) is 13.6 Å². The molecule has 3 nitrogen and oxygen atoms in total. The molecule has 1 atom stereocenters. The molecule has 0 aromatic heterocycles. The highest BCUT2D eigenvalue weighted by Crippen LogP contribution is 2.39. The number of rotatable bonds is 13. The lowest BCUT2D eigenvalue weighted by Crippen LogP contribution is -2.70. The minimum atomic E-state index is -2.84. The highest BCUT2D eigenvalue weighted by molar-refractivity contribution is 7.00. The molecule has 0 radical (unpaired) electrons. The zero-order valence-corrected chi connectivity index (χ0v) is 28.8. The first-order valence-electron chi connectivity index (χ1n) is 15.3. The molecule has 0 saturated carbocycles. The summed E-state index contributed by atoms with van der Waals surface area (Å²) in [6, 6.07) is 43.1. The van der Waals surface area contributed by atoms with E-state index in [-0.39, 0.29) is 16.2 Å². The normalized spacial score (nSPS) is 13.4. The predicted octanol–water partition coefficient (Wildman–Crippen LogP) is 6.71. The predicted molar refractivity (Wildman–Crippen MR) is 187 cm³/mol. The number of hydrogen-bond donors (Lipinski definition) is 0. The third kappa shape index (κ3) is 7.03. The Morgan fingerprint density at radius 2 is 0.907 bits per heavy atom. The Bertz CT molecular complexity index is 1320. The van der Waals surface area contributed by atoms with E-state index < -0.39 is 16.6 Å². The van der Waals surface area contributed by atoms with Gasteiger partial charge < -0.3 is 13.6 Å². The first kappa shape index (κ1) is 32.8. The Kier molecular flexibility index (Phi) is 10.8. The highest BCUT2D eigenvalue weighted by Gasteiger charge is 2.53. The van der Waals surface area contributed by atoms with Crippen LogP contribution in [0.3, 0.4) is 0 Å². The van der Waals surface area contributed by atoms with Crippen molar-refractivity contribution in [2.45, 2.75) is 57.7 Å². The number of hydrogen-bond acceptors (Lipinski definition) is 3. The van der Waals surface area contributed by atoms with Crippen molar-refractivity contribution in [1.82, 2.24) is 0 Å². The summed E-state index contributed by atoms with van der Waals surface area (Å²) in [6.07, 6.45) is 1.50. The molecule has 0 saturated heterocycles. The molecule has 0 aliphatic heterocycles. The van der Waals surface area contributed by atoms with Crippen molar-refractivity contribution in [3.8, 4) is 0 Å². The number of benzene rings is 4. The summed E-state index contributed by atoms with van der Waals surface area (Å²) in [5, 5.41) is 4.69. The molecule has 0 amide bonds. The standard InChI is InChI=1S/C38H48O3Si2/c1-8-29-39-30-32(41-43(38(5,6)7,35-25-17-11-18-26-35)36-27-19-12-20-28-36)31-40-42(37(2,3)4,33-21-13-9-14-22-33)34-23-15-10-16-24-34/h8-28,32H,1,29-31H2,2-7H3. The van der Waals surface area contributed by atoms with Gasteiger partial charge in [-0.2, -0.15) is 0 Å². The van der Waals surface area contributed by atoms with Gasteiger partial charge in [0.2, 0.25) is 0 Å². The van der Waals surface area contributed by atoms with Gasteiger partial charge in [0.1, 0.15) is 0 Å². The first-order chi connectivity index (χ1) is 20.6. The monoisotopic (exact) mass is 608 g/mol. The average Bonchev–Trinajstić information content (AvgIpc) is 3.00. The van der Waals surface area contributed by atoms with Crippen molar-refractivity contribution < 1.29 is 13.6 Å². The second kappa shape index (κ2) is 14.1. The highest BCUT2D eigenvalue weighted by atomic mass is 28.4. The summed E-state index contributed by atoms with van der Waals surface area (Å²) in [4.78, 5) is 0. The van der Waals surface area contributed by atoms with E-state index in [1.807, 2.05) is 0 Å². The van der Waals surface area contributed by atoms with Gasteiger partial charge in [0, 0.05) is 0 Å². The molecule has 43 heavy (non-hydrogen) atoms. The fraction of sp³-hybridized carbons (Fsp3) is 0.316. The third-order valence-electron chi connectivity index (χ3n) is 8.20. The van der Waals surface area contributed by atoms with Gasteiger partial charge in [-0.3, -0.25) is 0 Å². The topological polar surface area (TPSA) is 27.7 Å². The van der Waals surface area contributed by atoms with Crippen molar-refractivity contribution >= 4 is 37.4 Å². The molecule has 4 aromatic carbocycles. The maximum Gasteiger partial charge on any atom is 0.261 e. The average molecular weight is 609 g/mol. The Labute approximate surface area is 261 Å². The van der Waals surface area contributed by atoms with Crippen LogP contribution in [0.25, 0.3) is 0 Å². The number of ether oxygens (including phenoxy) is 1. The van der Waals surface area contributed by atoms with Gasteiger partial charge >= 0.3 is 0 Å². The molecule has 0 fully saturated rings. The maximum absolute atomic E-state index is 7.58. The molecule has 0 N–H and O–H groups in total. The van der Waals surface area contributed by atoms with E-state index in [9.17, 15) is 0 Å².